The molecule has 0 radical (unpaired) electrons. The molecule has 3 aromatic rings. The molecule has 1 aliphatic heterocycles. The summed E-state index contributed by atoms with van der Waals surface area (Å²) in [7, 11) is 1.73. The lowest BCUT2D eigenvalue weighted by molar-refractivity contribution is 0.174. The lowest BCUT2D eigenvalue weighted by Crippen LogP contribution is -2.32. The van der Waals surface area contributed by atoms with Gasteiger partial charge in [-0.25, -0.2) is 0 Å². The quantitative estimate of drug-likeness (QED) is 0.406. The van der Waals surface area contributed by atoms with Crippen LogP contribution in [0.1, 0.15) is 60.6 Å². The first-order valence-electron chi connectivity index (χ1n) is 12.1. The van der Waals surface area contributed by atoms with E-state index >= 15 is 0 Å². The average molecular weight is 445 g/mol. The Morgan fingerprint density at radius 3 is 2.36 bits per heavy atom. The van der Waals surface area contributed by atoms with Gasteiger partial charge in [0, 0.05) is 37.0 Å². The van der Waals surface area contributed by atoms with Crippen molar-refractivity contribution >= 4 is 0 Å². The number of methoxy groups -OCH3 is 1. The Balaban J connectivity index is 1.31. The number of rotatable bonds is 9. The molecule has 2 aromatic carbocycles. The van der Waals surface area contributed by atoms with Crippen molar-refractivity contribution in [2.24, 2.45) is 0 Å². The van der Waals surface area contributed by atoms with Crippen molar-refractivity contribution in [3.8, 4) is 5.75 Å². The van der Waals surface area contributed by atoms with Crippen LogP contribution in [-0.2, 0) is 24.3 Å². The minimum absolute atomic E-state index is 0.159. The molecule has 1 saturated heterocycles. The summed E-state index contributed by atoms with van der Waals surface area (Å²) in [5.74, 6) is 1.48. The Labute approximate surface area is 198 Å². The molecule has 2 heterocycles. The standard InChI is InChI=1S/C29H36N2O2/c1-22(2)33-29-12-10-25(18-27(29)21-32-3)20-31-15-13-26(14-16-31)28-11-9-24(19-30-28)17-23-7-5-4-6-8-23/h4-12,18-19,22,26H,13-17,20-21H2,1-3H3. The Hall–Kier alpha value is -2.69. The first-order valence-corrected chi connectivity index (χ1v) is 12.1. The first kappa shape index (κ1) is 23.5. The highest BCUT2D eigenvalue weighted by molar-refractivity contribution is 5.37. The summed E-state index contributed by atoms with van der Waals surface area (Å²) in [5, 5.41) is 0. The van der Waals surface area contributed by atoms with E-state index in [1.54, 1.807) is 7.11 Å². The molecule has 0 N–H and O–H groups in total. The fourth-order valence-electron chi connectivity index (χ4n) is 4.63. The highest BCUT2D eigenvalue weighted by atomic mass is 16.5. The summed E-state index contributed by atoms with van der Waals surface area (Å²) in [4.78, 5) is 7.38. The van der Waals surface area contributed by atoms with Crippen LogP contribution in [0.25, 0.3) is 0 Å². The minimum atomic E-state index is 0.159. The zero-order valence-electron chi connectivity index (χ0n) is 20.2. The van der Waals surface area contributed by atoms with Gasteiger partial charge in [0.2, 0.25) is 0 Å². The number of likely N-dealkylation sites (tertiary alicyclic amines) is 1. The number of benzene rings is 2. The van der Waals surface area contributed by atoms with Crippen molar-refractivity contribution in [2.75, 3.05) is 20.2 Å². The zero-order valence-corrected chi connectivity index (χ0v) is 20.2. The lowest BCUT2D eigenvalue weighted by atomic mass is 9.92. The van der Waals surface area contributed by atoms with Crippen LogP contribution in [-0.4, -0.2) is 36.2 Å². The van der Waals surface area contributed by atoms with Gasteiger partial charge in [0.25, 0.3) is 0 Å². The average Bonchev–Trinajstić information content (AvgIpc) is 2.82. The van der Waals surface area contributed by atoms with E-state index in [1.165, 1.54) is 22.4 Å². The lowest BCUT2D eigenvalue weighted by Gasteiger charge is -2.32. The second kappa shape index (κ2) is 11.4. The molecule has 4 heteroatoms. The SMILES string of the molecule is COCc1cc(CN2CCC(c3ccc(Cc4ccccc4)cn3)CC2)ccc1OC(C)C. The Morgan fingerprint density at radius 1 is 0.939 bits per heavy atom. The van der Waals surface area contributed by atoms with E-state index in [9.17, 15) is 0 Å². The van der Waals surface area contributed by atoms with Gasteiger partial charge in [0.1, 0.15) is 5.75 Å². The van der Waals surface area contributed by atoms with Crippen LogP contribution < -0.4 is 4.74 Å². The van der Waals surface area contributed by atoms with Crippen LogP contribution in [0.5, 0.6) is 5.75 Å². The van der Waals surface area contributed by atoms with E-state index in [-0.39, 0.29) is 6.10 Å². The molecule has 0 unspecified atom stereocenters. The molecule has 0 spiro atoms. The highest BCUT2D eigenvalue weighted by Crippen LogP contribution is 2.29. The molecule has 33 heavy (non-hydrogen) atoms. The molecular weight excluding hydrogens is 408 g/mol. The maximum absolute atomic E-state index is 5.95. The molecule has 1 aliphatic rings. The number of nitrogens with zero attached hydrogens (tertiary/aromatic N) is 2. The van der Waals surface area contributed by atoms with Crippen LogP contribution >= 0.6 is 0 Å². The Bertz CT molecular complexity index is 994. The first-order chi connectivity index (χ1) is 16.1. The molecule has 1 aromatic heterocycles. The number of hydrogen-bond acceptors (Lipinski definition) is 4. The van der Waals surface area contributed by atoms with Crippen LogP contribution in [0.15, 0.2) is 66.9 Å². The van der Waals surface area contributed by atoms with Gasteiger partial charge in [-0.15, -0.1) is 0 Å². The van der Waals surface area contributed by atoms with Gasteiger partial charge in [0.15, 0.2) is 0 Å². The number of pyridine rings is 1. The highest BCUT2D eigenvalue weighted by Gasteiger charge is 2.22. The van der Waals surface area contributed by atoms with Crippen molar-refractivity contribution in [1.82, 2.24) is 9.88 Å². The van der Waals surface area contributed by atoms with Crippen molar-refractivity contribution in [2.45, 2.75) is 58.3 Å². The predicted molar refractivity (Wildman–Crippen MR) is 134 cm³/mol. The summed E-state index contributed by atoms with van der Waals surface area (Å²) >= 11 is 0. The molecule has 174 valence electrons. The largest absolute Gasteiger partial charge is 0.491 e. The van der Waals surface area contributed by atoms with E-state index in [0.717, 1.165) is 50.2 Å². The fourth-order valence-corrected chi connectivity index (χ4v) is 4.63. The van der Waals surface area contributed by atoms with Crippen molar-refractivity contribution in [3.05, 3.63) is 94.8 Å². The van der Waals surface area contributed by atoms with Crippen LogP contribution in [0.4, 0.5) is 0 Å². The molecule has 0 amide bonds. The van der Waals surface area contributed by atoms with E-state index in [1.807, 2.05) is 0 Å². The topological polar surface area (TPSA) is 34.6 Å². The van der Waals surface area contributed by atoms with E-state index in [4.69, 9.17) is 14.5 Å². The number of hydrogen-bond donors (Lipinski definition) is 0. The third kappa shape index (κ3) is 6.66. The molecule has 4 rings (SSSR count). The van der Waals surface area contributed by atoms with Crippen molar-refractivity contribution in [3.63, 3.8) is 0 Å². The smallest absolute Gasteiger partial charge is 0.125 e. The molecule has 1 fully saturated rings. The Kier molecular flexibility index (Phi) is 8.14. The summed E-state index contributed by atoms with van der Waals surface area (Å²) in [6.07, 6.45) is 5.48. The van der Waals surface area contributed by atoms with Crippen molar-refractivity contribution in [1.29, 1.82) is 0 Å². The monoisotopic (exact) mass is 444 g/mol. The maximum Gasteiger partial charge on any atom is 0.125 e. The predicted octanol–water partition coefficient (Wildman–Crippen LogP) is 5.99. The normalized spacial score (nSPS) is 15.2. The van der Waals surface area contributed by atoms with Crippen LogP contribution in [0, 0.1) is 0 Å². The van der Waals surface area contributed by atoms with Gasteiger partial charge in [-0.05, 0) is 81.1 Å². The van der Waals surface area contributed by atoms with E-state index < -0.39 is 0 Å². The third-order valence-electron chi connectivity index (χ3n) is 6.30. The molecule has 0 saturated carbocycles. The second-order valence-electron chi connectivity index (χ2n) is 9.35. The van der Waals surface area contributed by atoms with Gasteiger partial charge in [-0.2, -0.15) is 0 Å². The number of piperidine rings is 1. The summed E-state index contributed by atoms with van der Waals surface area (Å²) < 4.78 is 11.3. The third-order valence-corrected chi connectivity index (χ3v) is 6.30. The van der Waals surface area contributed by atoms with Gasteiger partial charge in [0.05, 0.1) is 12.7 Å². The van der Waals surface area contributed by atoms with Gasteiger partial charge in [-0.3, -0.25) is 9.88 Å². The fraction of sp³-hybridized carbons (Fsp3) is 0.414. The number of ether oxygens (including phenoxy) is 2. The van der Waals surface area contributed by atoms with Gasteiger partial charge < -0.3 is 9.47 Å². The van der Waals surface area contributed by atoms with E-state index in [0.29, 0.717) is 12.5 Å². The summed E-state index contributed by atoms with van der Waals surface area (Å²) in [5.41, 5.74) is 6.29. The maximum atomic E-state index is 5.95. The van der Waals surface area contributed by atoms with Gasteiger partial charge in [-0.1, -0.05) is 42.5 Å². The summed E-state index contributed by atoms with van der Waals surface area (Å²) in [6.45, 7) is 7.85. The Morgan fingerprint density at radius 2 is 1.70 bits per heavy atom. The molecule has 0 aliphatic carbocycles. The van der Waals surface area contributed by atoms with Crippen LogP contribution in [0.3, 0.4) is 0 Å². The number of aromatic nitrogens is 1. The zero-order chi connectivity index (χ0) is 23.0. The molecular formula is C29H36N2O2. The minimum Gasteiger partial charge on any atom is -0.491 e. The molecule has 4 nitrogen and oxygen atoms in total. The second-order valence-corrected chi connectivity index (χ2v) is 9.35. The molecule has 0 bridgehead atoms. The summed E-state index contributed by atoms with van der Waals surface area (Å²) in [6, 6.07) is 21.6. The van der Waals surface area contributed by atoms with Crippen LogP contribution in [0.2, 0.25) is 0 Å². The van der Waals surface area contributed by atoms with Crippen molar-refractivity contribution < 1.29 is 9.47 Å². The van der Waals surface area contributed by atoms with E-state index in [2.05, 4.69) is 85.6 Å². The van der Waals surface area contributed by atoms with Gasteiger partial charge >= 0.3 is 0 Å². The molecule has 0 atom stereocenters.